The molecule has 1 unspecified atom stereocenters. The topological polar surface area (TPSA) is 101 Å². The number of rotatable bonds is 3. The zero-order chi connectivity index (χ0) is 14.3. The summed E-state index contributed by atoms with van der Waals surface area (Å²) in [5.41, 5.74) is 8.56. The van der Waals surface area contributed by atoms with Crippen molar-refractivity contribution >= 4 is 15.7 Å². The van der Waals surface area contributed by atoms with Crippen LogP contribution in [0, 0.1) is 6.92 Å². The molecule has 1 heterocycles. The Bertz CT molecular complexity index is 751. The van der Waals surface area contributed by atoms with Crippen LogP contribution in [-0.4, -0.2) is 18.4 Å². The molecule has 4 N–H and O–H groups in total. The van der Waals surface area contributed by atoms with E-state index in [0.717, 1.165) is 24.0 Å². The molecular formula is C13H16N4O2S. The predicted octanol–water partition coefficient (Wildman–Crippen LogP) is 1.27. The van der Waals surface area contributed by atoms with Crippen LogP contribution in [0.1, 0.15) is 29.4 Å². The highest BCUT2D eigenvalue weighted by atomic mass is 32.2. The smallest absolute Gasteiger partial charge is 0.258 e. The number of aryl methyl sites for hydroxylation is 2. The largest absolute Gasteiger partial charge is 0.399 e. The Hall–Kier alpha value is -1.86. The van der Waals surface area contributed by atoms with Crippen molar-refractivity contribution in [3.05, 3.63) is 41.3 Å². The van der Waals surface area contributed by atoms with Gasteiger partial charge in [0, 0.05) is 11.7 Å². The summed E-state index contributed by atoms with van der Waals surface area (Å²) in [5, 5.41) is 0.0962. The van der Waals surface area contributed by atoms with Gasteiger partial charge in [-0.3, -0.25) is 0 Å². The minimum Gasteiger partial charge on any atom is -0.399 e. The molecule has 0 bridgehead atoms. The van der Waals surface area contributed by atoms with Crippen molar-refractivity contribution in [2.45, 2.75) is 30.8 Å². The molecule has 0 fully saturated rings. The lowest BCUT2D eigenvalue weighted by atomic mass is 10.1. The number of hydrogen-bond donors (Lipinski definition) is 3. The number of aromatic amines is 1. The first-order valence-electron chi connectivity index (χ1n) is 6.38. The molecule has 0 saturated carbocycles. The molecule has 106 valence electrons. The molecule has 1 atom stereocenters. The van der Waals surface area contributed by atoms with Crippen molar-refractivity contribution in [1.29, 1.82) is 0 Å². The minimum absolute atomic E-state index is 0.0962. The lowest BCUT2D eigenvalue weighted by molar-refractivity contribution is 0.551. The second-order valence-corrected chi connectivity index (χ2v) is 6.69. The van der Waals surface area contributed by atoms with Gasteiger partial charge in [-0.2, -0.15) is 0 Å². The molecule has 0 aliphatic heterocycles. The standard InChI is InChI=1S/C13H16N4O2S/c1-8-15-7-13(16-8)20(18,19)17-12-5-2-9-6-10(14)3-4-11(9)12/h3-4,6-7,12,17H,2,5,14H2,1H3,(H,15,16). The Balaban J connectivity index is 1.87. The molecule has 7 heteroatoms. The van der Waals surface area contributed by atoms with Gasteiger partial charge in [-0.1, -0.05) is 6.07 Å². The van der Waals surface area contributed by atoms with Gasteiger partial charge in [0.1, 0.15) is 5.82 Å². The molecule has 0 saturated heterocycles. The number of anilines is 1. The van der Waals surface area contributed by atoms with E-state index in [-0.39, 0.29) is 11.1 Å². The third kappa shape index (κ3) is 2.30. The minimum atomic E-state index is -3.58. The van der Waals surface area contributed by atoms with Crippen LogP contribution < -0.4 is 10.5 Å². The number of nitrogens with zero attached hydrogens (tertiary/aromatic N) is 1. The van der Waals surface area contributed by atoms with Crippen LogP contribution in [0.5, 0.6) is 0 Å². The van der Waals surface area contributed by atoms with Crippen molar-refractivity contribution in [1.82, 2.24) is 14.7 Å². The van der Waals surface area contributed by atoms with Gasteiger partial charge in [-0.15, -0.1) is 0 Å². The normalized spacial score (nSPS) is 18.1. The summed E-state index contributed by atoms with van der Waals surface area (Å²) < 4.78 is 27.3. The van der Waals surface area contributed by atoms with E-state index in [9.17, 15) is 8.42 Å². The predicted molar refractivity (Wildman–Crippen MR) is 75.6 cm³/mol. The average molecular weight is 292 g/mol. The van der Waals surface area contributed by atoms with E-state index in [1.54, 1.807) is 13.0 Å². The van der Waals surface area contributed by atoms with E-state index in [0.29, 0.717) is 11.5 Å². The van der Waals surface area contributed by atoms with E-state index in [1.165, 1.54) is 6.20 Å². The number of fused-ring (bicyclic) bond motifs is 1. The number of benzene rings is 1. The fraction of sp³-hybridized carbons (Fsp3) is 0.308. The molecule has 0 amide bonds. The molecule has 0 spiro atoms. The second-order valence-electron chi connectivity index (χ2n) is 5.00. The maximum absolute atomic E-state index is 12.3. The van der Waals surface area contributed by atoms with E-state index < -0.39 is 10.0 Å². The fourth-order valence-electron chi connectivity index (χ4n) is 2.55. The number of imidazole rings is 1. The first-order chi connectivity index (χ1) is 9.45. The number of hydrogen-bond acceptors (Lipinski definition) is 4. The molecule has 0 radical (unpaired) electrons. The van der Waals surface area contributed by atoms with Gasteiger partial charge in [0.15, 0.2) is 5.03 Å². The summed E-state index contributed by atoms with van der Waals surface area (Å²) >= 11 is 0. The lowest BCUT2D eigenvalue weighted by Crippen LogP contribution is -2.27. The number of sulfonamides is 1. The van der Waals surface area contributed by atoms with Gasteiger partial charge in [-0.25, -0.2) is 18.1 Å². The molecule has 1 aliphatic carbocycles. The highest BCUT2D eigenvalue weighted by Crippen LogP contribution is 2.33. The molecule has 1 aromatic heterocycles. The van der Waals surface area contributed by atoms with E-state index in [1.807, 2.05) is 12.1 Å². The second kappa shape index (κ2) is 4.60. The number of nitrogen functional groups attached to an aromatic ring is 1. The molecule has 1 aromatic carbocycles. The first kappa shape index (κ1) is 13.1. The average Bonchev–Trinajstić information content (AvgIpc) is 2.96. The third-order valence-corrected chi connectivity index (χ3v) is 4.89. The van der Waals surface area contributed by atoms with Crippen molar-refractivity contribution in [2.24, 2.45) is 0 Å². The van der Waals surface area contributed by atoms with Crippen LogP contribution in [0.3, 0.4) is 0 Å². The Morgan fingerprint density at radius 1 is 1.45 bits per heavy atom. The van der Waals surface area contributed by atoms with Crippen LogP contribution in [0.2, 0.25) is 0 Å². The maximum Gasteiger partial charge on any atom is 0.258 e. The Labute approximate surface area is 117 Å². The monoisotopic (exact) mass is 292 g/mol. The summed E-state index contributed by atoms with van der Waals surface area (Å²) in [6.45, 7) is 1.71. The Morgan fingerprint density at radius 3 is 2.95 bits per heavy atom. The maximum atomic E-state index is 12.3. The first-order valence-corrected chi connectivity index (χ1v) is 7.86. The zero-order valence-electron chi connectivity index (χ0n) is 11.1. The van der Waals surface area contributed by atoms with Crippen LogP contribution in [0.15, 0.2) is 29.4 Å². The van der Waals surface area contributed by atoms with Crippen LogP contribution in [-0.2, 0) is 16.4 Å². The summed E-state index contributed by atoms with van der Waals surface area (Å²) in [5.74, 6) is 0.574. The van der Waals surface area contributed by atoms with Crippen LogP contribution in [0.25, 0.3) is 0 Å². The van der Waals surface area contributed by atoms with Crippen molar-refractivity contribution in [3.63, 3.8) is 0 Å². The van der Waals surface area contributed by atoms with Gasteiger partial charge in [0.2, 0.25) is 0 Å². The highest BCUT2D eigenvalue weighted by molar-refractivity contribution is 7.89. The van der Waals surface area contributed by atoms with E-state index >= 15 is 0 Å². The zero-order valence-corrected chi connectivity index (χ0v) is 11.9. The van der Waals surface area contributed by atoms with Crippen LogP contribution >= 0.6 is 0 Å². The highest BCUT2D eigenvalue weighted by Gasteiger charge is 2.28. The number of aromatic nitrogens is 2. The Morgan fingerprint density at radius 2 is 2.25 bits per heavy atom. The Kier molecular flexibility index (Phi) is 3.02. The molecule has 2 aromatic rings. The molecule has 6 nitrogen and oxygen atoms in total. The van der Waals surface area contributed by atoms with E-state index in [2.05, 4.69) is 14.7 Å². The summed E-state index contributed by atoms with van der Waals surface area (Å²) in [7, 11) is -3.58. The number of H-pyrrole nitrogens is 1. The number of nitrogens with two attached hydrogens (primary N) is 1. The van der Waals surface area contributed by atoms with Crippen molar-refractivity contribution < 1.29 is 8.42 Å². The van der Waals surface area contributed by atoms with Gasteiger partial charge in [0.25, 0.3) is 10.0 Å². The number of nitrogens with one attached hydrogen (secondary N) is 2. The van der Waals surface area contributed by atoms with Crippen LogP contribution in [0.4, 0.5) is 5.69 Å². The van der Waals surface area contributed by atoms with Crippen molar-refractivity contribution in [3.8, 4) is 0 Å². The molecule has 1 aliphatic rings. The fourth-order valence-corrected chi connectivity index (χ4v) is 3.77. The quantitative estimate of drug-likeness (QED) is 0.741. The summed E-state index contributed by atoms with van der Waals surface area (Å²) in [6, 6.07) is 5.39. The molecule has 20 heavy (non-hydrogen) atoms. The van der Waals surface area contributed by atoms with Gasteiger partial charge >= 0.3 is 0 Å². The summed E-state index contributed by atoms with van der Waals surface area (Å²) in [6.07, 6.45) is 2.90. The van der Waals surface area contributed by atoms with Gasteiger partial charge in [-0.05, 0) is 43.0 Å². The third-order valence-electron chi connectivity index (χ3n) is 3.51. The van der Waals surface area contributed by atoms with E-state index in [4.69, 9.17) is 5.73 Å². The lowest BCUT2D eigenvalue weighted by Gasteiger charge is -2.13. The van der Waals surface area contributed by atoms with Gasteiger partial charge in [0.05, 0.1) is 6.20 Å². The van der Waals surface area contributed by atoms with Crippen molar-refractivity contribution in [2.75, 3.05) is 5.73 Å². The molecule has 3 rings (SSSR count). The molecular weight excluding hydrogens is 276 g/mol. The van der Waals surface area contributed by atoms with Gasteiger partial charge < -0.3 is 10.7 Å². The summed E-state index contributed by atoms with van der Waals surface area (Å²) in [4.78, 5) is 6.66. The SMILES string of the molecule is Cc1ncc(S(=O)(=O)NC2CCc3cc(N)ccc32)[nH]1.